The van der Waals surface area contributed by atoms with Crippen LogP contribution in [-0.2, 0) is 5.75 Å². The van der Waals surface area contributed by atoms with Gasteiger partial charge in [0.15, 0.2) is 0 Å². The molecule has 0 heterocycles. The van der Waals surface area contributed by atoms with Crippen LogP contribution in [0.2, 0.25) is 0 Å². The first kappa shape index (κ1) is 9.42. The highest BCUT2D eigenvalue weighted by molar-refractivity contribution is 7.96. The molecule has 0 aliphatic rings. The third-order valence-corrected chi connectivity index (χ3v) is 2.42. The summed E-state index contributed by atoms with van der Waals surface area (Å²) >= 11 is 1.77. The van der Waals surface area contributed by atoms with Gasteiger partial charge in [0.1, 0.15) is 0 Å². The number of hydrogen-bond acceptors (Lipinski definition) is 3. The highest BCUT2D eigenvalue weighted by atomic mass is 32.2. The first-order valence-electron chi connectivity index (χ1n) is 3.83. The van der Waals surface area contributed by atoms with Crippen molar-refractivity contribution in [1.82, 2.24) is 4.31 Å². The topological polar surface area (TPSA) is 29.3 Å². The van der Waals surface area contributed by atoms with E-state index in [0.29, 0.717) is 0 Å². The van der Waals surface area contributed by atoms with Crippen molar-refractivity contribution >= 4 is 17.6 Å². The molecule has 0 atom stereocenters. The van der Waals surface area contributed by atoms with Gasteiger partial charge in [0.05, 0.1) is 0 Å². The van der Waals surface area contributed by atoms with Gasteiger partial charge in [0.2, 0.25) is 0 Å². The van der Waals surface area contributed by atoms with Gasteiger partial charge < -0.3 is 5.73 Å². The maximum absolute atomic E-state index is 5.64. The summed E-state index contributed by atoms with van der Waals surface area (Å²) in [6, 6.07) is 7.99. The quantitative estimate of drug-likeness (QED) is 0.572. The summed E-state index contributed by atoms with van der Waals surface area (Å²) in [5, 5.41) is 0. The van der Waals surface area contributed by atoms with Crippen molar-refractivity contribution in [2.45, 2.75) is 5.75 Å². The average molecular weight is 182 g/mol. The number of nitrogens with two attached hydrogens (primary N) is 1. The average Bonchev–Trinajstić information content (AvgIpc) is 2.01. The molecule has 0 amide bonds. The van der Waals surface area contributed by atoms with Gasteiger partial charge in [-0.2, -0.15) is 0 Å². The maximum Gasteiger partial charge on any atom is 0.0333 e. The van der Waals surface area contributed by atoms with Gasteiger partial charge in [0, 0.05) is 11.4 Å². The molecule has 0 unspecified atom stereocenters. The largest absolute Gasteiger partial charge is 0.399 e. The van der Waals surface area contributed by atoms with Crippen molar-refractivity contribution in [3.63, 3.8) is 0 Å². The zero-order valence-electron chi connectivity index (χ0n) is 7.45. The fourth-order valence-corrected chi connectivity index (χ4v) is 1.47. The Bertz CT molecular complexity index is 248. The summed E-state index contributed by atoms with van der Waals surface area (Å²) in [5.41, 5.74) is 7.75. The molecule has 0 spiro atoms. The minimum absolute atomic E-state index is 0.840. The molecule has 1 aromatic carbocycles. The van der Waals surface area contributed by atoms with Crippen molar-refractivity contribution in [1.29, 1.82) is 0 Å². The minimum Gasteiger partial charge on any atom is -0.399 e. The van der Waals surface area contributed by atoms with Gasteiger partial charge in [-0.25, -0.2) is 0 Å². The molecule has 1 rings (SSSR count). The van der Waals surface area contributed by atoms with Crippen molar-refractivity contribution in [3.05, 3.63) is 29.8 Å². The lowest BCUT2D eigenvalue weighted by Gasteiger charge is -2.08. The number of hydrogen-bond donors (Lipinski definition) is 1. The summed E-state index contributed by atoms with van der Waals surface area (Å²) < 4.78 is 2.09. The van der Waals surface area contributed by atoms with Gasteiger partial charge in [-0.15, -0.1) is 0 Å². The predicted octanol–water partition coefficient (Wildman–Crippen LogP) is 1.98. The first-order chi connectivity index (χ1) is 5.68. The molecule has 1 aromatic rings. The van der Waals surface area contributed by atoms with Crippen LogP contribution in [0.25, 0.3) is 0 Å². The van der Waals surface area contributed by atoms with Crippen LogP contribution in [-0.4, -0.2) is 18.4 Å². The van der Waals surface area contributed by atoms with E-state index in [9.17, 15) is 0 Å². The lowest BCUT2D eigenvalue weighted by molar-refractivity contribution is 0.702. The second-order valence-corrected chi connectivity index (χ2v) is 4.11. The molecule has 0 bridgehead atoms. The van der Waals surface area contributed by atoms with E-state index in [4.69, 9.17) is 5.73 Å². The number of anilines is 1. The highest BCUT2D eigenvalue weighted by Gasteiger charge is 1.94. The van der Waals surface area contributed by atoms with E-state index >= 15 is 0 Å². The first-order valence-corrected chi connectivity index (χ1v) is 4.77. The molecule has 0 aliphatic carbocycles. The molecule has 2 nitrogen and oxygen atoms in total. The van der Waals surface area contributed by atoms with Crippen LogP contribution in [0.4, 0.5) is 5.69 Å². The smallest absolute Gasteiger partial charge is 0.0333 e. The fourth-order valence-electron chi connectivity index (χ4n) is 0.887. The Labute approximate surface area is 77.9 Å². The van der Waals surface area contributed by atoms with E-state index in [2.05, 4.69) is 10.4 Å². The van der Waals surface area contributed by atoms with Gasteiger partial charge in [-0.05, 0) is 31.8 Å². The molecule has 0 aliphatic heterocycles. The normalized spacial score (nSPS) is 10.6. The standard InChI is InChI=1S/C9H14N2S/c1-11(2)12-7-8-4-3-5-9(10)6-8/h3-6H,7,10H2,1-2H3. The number of rotatable bonds is 3. The Balaban J connectivity index is 2.52. The molecule has 3 heteroatoms. The Kier molecular flexibility index (Phi) is 3.44. The number of nitrogen functional groups attached to an aromatic ring is 1. The maximum atomic E-state index is 5.64. The molecule has 0 saturated heterocycles. The van der Waals surface area contributed by atoms with Gasteiger partial charge >= 0.3 is 0 Å². The number of nitrogens with zero attached hydrogens (tertiary/aromatic N) is 1. The zero-order valence-corrected chi connectivity index (χ0v) is 8.27. The van der Waals surface area contributed by atoms with Crippen molar-refractivity contribution in [3.8, 4) is 0 Å². The Morgan fingerprint density at radius 2 is 2.17 bits per heavy atom. The molecule has 12 heavy (non-hydrogen) atoms. The molecule has 0 fully saturated rings. The number of benzene rings is 1. The van der Waals surface area contributed by atoms with Crippen LogP contribution in [0.3, 0.4) is 0 Å². The molecular weight excluding hydrogens is 168 g/mol. The second kappa shape index (κ2) is 4.38. The zero-order chi connectivity index (χ0) is 8.97. The van der Waals surface area contributed by atoms with E-state index in [-0.39, 0.29) is 0 Å². The lowest BCUT2D eigenvalue weighted by atomic mass is 10.2. The van der Waals surface area contributed by atoms with Gasteiger partial charge in [-0.3, -0.25) is 4.31 Å². The van der Waals surface area contributed by atoms with E-state index in [1.54, 1.807) is 11.9 Å². The highest BCUT2D eigenvalue weighted by Crippen LogP contribution is 2.15. The molecule has 0 aromatic heterocycles. The minimum atomic E-state index is 0.840. The Hall–Kier alpha value is -0.670. The van der Waals surface area contributed by atoms with Crippen LogP contribution < -0.4 is 5.73 Å². The van der Waals surface area contributed by atoms with Crippen molar-refractivity contribution < 1.29 is 0 Å². The monoisotopic (exact) mass is 182 g/mol. The summed E-state index contributed by atoms with van der Waals surface area (Å²) in [4.78, 5) is 0. The Morgan fingerprint density at radius 1 is 1.42 bits per heavy atom. The summed E-state index contributed by atoms with van der Waals surface area (Å²) in [7, 11) is 4.08. The van der Waals surface area contributed by atoms with Crippen molar-refractivity contribution in [2.24, 2.45) is 0 Å². The van der Waals surface area contributed by atoms with Crippen LogP contribution >= 0.6 is 11.9 Å². The van der Waals surface area contributed by atoms with Crippen molar-refractivity contribution in [2.75, 3.05) is 19.8 Å². The SMILES string of the molecule is CN(C)SCc1cccc(N)c1. The summed E-state index contributed by atoms with van der Waals surface area (Å²) in [5.74, 6) is 0.984. The summed E-state index contributed by atoms with van der Waals surface area (Å²) in [6.07, 6.45) is 0. The van der Waals surface area contributed by atoms with E-state index < -0.39 is 0 Å². The molecule has 2 N–H and O–H groups in total. The van der Waals surface area contributed by atoms with E-state index in [0.717, 1.165) is 11.4 Å². The molecule has 0 radical (unpaired) electrons. The van der Waals surface area contributed by atoms with Gasteiger partial charge in [0.25, 0.3) is 0 Å². The lowest BCUT2D eigenvalue weighted by Crippen LogP contribution is -2.00. The summed E-state index contributed by atoms with van der Waals surface area (Å²) in [6.45, 7) is 0. The van der Waals surface area contributed by atoms with E-state index in [1.807, 2.05) is 32.3 Å². The fraction of sp³-hybridized carbons (Fsp3) is 0.333. The van der Waals surface area contributed by atoms with E-state index in [1.165, 1.54) is 5.56 Å². The third-order valence-electron chi connectivity index (χ3n) is 1.44. The van der Waals surface area contributed by atoms with Crippen LogP contribution in [0.15, 0.2) is 24.3 Å². The predicted molar refractivity (Wildman–Crippen MR) is 55.8 cm³/mol. The Morgan fingerprint density at radius 3 is 2.75 bits per heavy atom. The van der Waals surface area contributed by atoms with Gasteiger partial charge in [-0.1, -0.05) is 24.1 Å². The molecule has 66 valence electrons. The van der Waals surface area contributed by atoms with Crippen LogP contribution in [0.5, 0.6) is 0 Å². The second-order valence-electron chi connectivity index (χ2n) is 2.83. The van der Waals surface area contributed by atoms with Crippen LogP contribution in [0, 0.1) is 0 Å². The third kappa shape index (κ3) is 3.15. The van der Waals surface area contributed by atoms with Crippen LogP contribution in [0.1, 0.15) is 5.56 Å². The molecular formula is C9H14N2S. The molecule has 0 saturated carbocycles.